The summed E-state index contributed by atoms with van der Waals surface area (Å²) in [6.45, 7) is 2.29. The molecule has 0 aromatic carbocycles. The number of aryl methyl sites for hydroxylation is 1. The number of rotatable bonds is 16. The van der Waals surface area contributed by atoms with Crippen LogP contribution in [0, 0.1) is 0 Å². The summed E-state index contributed by atoms with van der Waals surface area (Å²) in [5.41, 5.74) is 1.41. The van der Waals surface area contributed by atoms with Gasteiger partial charge in [0.1, 0.15) is 4.60 Å². The number of pyridine rings is 1. The second kappa shape index (κ2) is 16.1. The molecule has 0 atom stereocenters. The van der Waals surface area contributed by atoms with Gasteiger partial charge in [0.25, 0.3) is 0 Å². The van der Waals surface area contributed by atoms with Gasteiger partial charge in [-0.25, -0.2) is 4.98 Å². The Morgan fingerprint density at radius 3 is 1.62 bits per heavy atom. The fraction of sp³-hybridized carbons (Fsp3) is 0.773. The third kappa shape index (κ3) is 13.0. The van der Waals surface area contributed by atoms with E-state index in [4.69, 9.17) is 0 Å². The van der Waals surface area contributed by atoms with E-state index in [1.54, 1.807) is 0 Å². The second-order valence-corrected chi connectivity index (χ2v) is 8.00. The summed E-state index contributed by atoms with van der Waals surface area (Å²) in [7, 11) is 0. The van der Waals surface area contributed by atoms with E-state index in [9.17, 15) is 0 Å². The van der Waals surface area contributed by atoms with Crippen molar-refractivity contribution in [3.8, 4) is 0 Å². The number of hydrogen-bond donors (Lipinski definition) is 0. The van der Waals surface area contributed by atoms with Crippen LogP contribution in [0.3, 0.4) is 0 Å². The minimum atomic E-state index is 0.959. The lowest BCUT2D eigenvalue weighted by Gasteiger charge is -2.04. The highest BCUT2D eigenvalue weighted by Crippen LogP contribution is 2.15. The summed E-state index contributed by atoms with van der Waals surface area (Å²) in [5.74, 6) is 0. The molecule has 0 aliphatic carbocycles. The lowest BCUT2D eigenvalue weighted by molar-refractivity contribution is 0.532. The maximum atomic E-state index is 4.18. The molecule has 0 aliphatic heterocycles. The molecule has 0 aliphatic rings. The molecule has 24 heavy (non-hydrogen) atoms. The van der Waals surface area contributed by atoms with Crippen LogP contribution in [0.1, 0.15) is 109 Å². The zero-order chi connectivity index (χ0) is 17.3. The average Bonchev–Trinajstić information content (AvgIpc) is 2.58. The van der Waals surface area contributed by atoms with Gasteiger partial charge in [-0.1, -0.05) is 96.8 Å². The second-order valence-electron chi connectivity index (χ2n) is 7.19. The molecule has 0 saturated heterocycles. The van der Waals surface area contributed by atoms with Gasteiger partial charge in [0, 0.05) is 6.20 Å². The Balaban J connectivity index is 1.76. The van der Waals surface area contributed by atoms with Gasteiger partial charge in [0.2, 0.25) is 0 Å². The van der Waals surface area contributed by atoms with Crippen LogP contribution in [0.4, 0.5) is 0 Å². The minimum Gasteiger partial charge on any atom is -0.249 e. The first-order valence-electron chi connectivity index (χ1n) is 10.4. The summed E-state index contributed by atoms with van der Waals surface area (Å²) < 4.78 is 0.959. The third-order valence-corrected chi connectivity index (χ3v) is 5.29. The van der Waals surface area contributed by atoms with Crippen molar-refractivity contribution in [2.75, 3.05) is 0 Å². The molecular formula is C22H38BrN. The Labute approximate surface area is 159 Å². The lowest BCUT2D eigenvalue weighted by atomic mass is 10.0. The van der Waals surface area contributed by atoms with Gasteiger partial charge >= 0.3 is 0 Å². The van der Waals surface area contributed by atoms with Crippen LogP contribution in [0.15, 0.2) is 22.9 Å². The average molecular weight is 396 g/mol. The molecule has 2 heteroatoms. The van der Waals surface area contributed by atoms with E-state index >= 15 is 0 Å². The van der Waals surface area contributed by atoms with Crippen molar-refractivity contribution in [1.29, 1.82) is 0 Å². The summed E-state index contributed by atoms with van der Waals surface area (Å²) in [6, 6.07) is 4.28. The zero-order valence-electron chi connectivity index (χ0n) is 15.9. The highest BCUT2D eigenvalue weighted by Gasteiger charge is 1.97. The smallest absolute Gasteiger partial charge is 0.106 e. The van der Waals surface area contributed by atoms with Gasteiger partial charge in [-0.3, -0.25) is 0 Å². The van der Waals surface area contributed by atoms with E-state index in [0.717, 1.165) is 4.60 Å². The number of unbranched alkanes of at least 4 members (excludes halogenated alkanes) is 14. The highest BCUT2D eigenvalue weighted by molar-refractivity contribution is 9.10. The Kier molecular flexibility index (Phi) is 14.6. The molecule has 0 amide bonds. The molecule has 1 heterocycles. The molecule has 1 aromatic rings. The van der Waals surface area contributed by atoms with Gasteiger partial charge in [0.05, 0.1) is 0 Å². The van der Waals surface area contributed by atoms with Crippen molar-refractivity contribution in [3.63, 3.8) is 0 Å². The van der Waals surface area contributed by atoms with Crippen molar-refractivity contribution in [3.05, 3.63) is 28.5 Å². The fourth-order valence-electron chi connectivity index (χ4n) is 3.30. The van der Waals surface area contributed by atoms with Crippen molar-refractivity contribution in [2.24, 2.45) is 0 Å². The first-order chi connectivity index (χ1) is 11.8. The number of halogens is 1. The van der Waals surface area contributed by atoms with Gasteiger partial charge < -0.3 is 0 Å². The molecule has 0 N–H and O–H groups in total. The molecule has 1 rings (SSSR count). The first-order valence-corrected chi connectivity index (χ1v) is 11.2. The van der Waals surface area contributed by atoms with Crippen molar-refractivity contribution in [2.45, 2.75) is 110 Å². The largest absolute Gasteiger partial charge is 0.249 e. The molecule has 0 spiro atoms. The molecule has 0 radical (unpaired) electrons. The SMILES string of the molecule is CCCCCCCCCCCCCCCCCc1ccnc(Br)c1. The van der Waals surface area contributed by atoms with Gasteiger partial charge in [-0.15, -0.1) is 0 Å². The van der Waals surface area contributed by atoms with Crippen molar-refractivity contribution < 1.29 is 0 Å². The molecular weight excluding hydrogens is 358 g/mol. The zero-order valence-corrected chi connectivity index (χ0v) is 17.5. The highest BCUT2D eigenvalue weighted by atomic mass is 79.9. The Morgan fingerprint density at radius 1 is 0.708 bits per heavy atom. The molecule has 138 valence electrons. The van der Waals surface area contributed by atoms with Crippen LogP contribution in [-0.4, -0.2) is 4.98 Å². The van der Waals surface area contributed by atoms with E-state index < -0.39 is 0 Å². The number of nitrogens with zero attached hydrogens (tertiary/aromatic N) is 1. The summed E-state index contributed by atoms with van der Waals surface area (Å²) in [5, 5.41) is 0. The quantitative estimate of drug-likeness (QED) is 0.202. The van der Waals surface area contributed by atoms with Crippen LogP contribution >= 0.6 is 15.9 Å². The fourth-order valence-corrected chi connectivity index (χ4v) is 3.71. The Morgan fingerprint density at radius 2 is 1.17 bits per heavy atom. The number of aromatic nitrogens is 1. The van der Waals surface area contributed by atoms with E-state index in [-0.39, 0.29) is 0 Å². The summed E-state index contributed by atoms with van der Waals surface area (Å²) in [4.78, 5) is 4.18. The minimum absolute atomic E-state index is 0.959. The number of hydrogen-bond acceptors (Lipinski definition) is 1. The molecule has 1 aromatic heterocycles. The molecule has 0 bridgehead atoms. The molecule has 0 fully saturated rings. The standard InChI is InChI=1S/C22H38BrN/c1-2-3-4-5-6-7-8-9-10-11-12-13-14-15-16-17-21-18-19-24-22(23)20-21/h18-20H,2-17H2,1H3. The van der Waals surface area contributed by atoms with Crippen LogP contribution in [-0.2, 0) is 6.42 Å². The van der Waals surface area contributed by atoms with Gasteiger partial charge in [0.15, 0.2) is 0 Å². The predicted molar refractivity (Wildman–Crippen MR) is 111 cm³/mol. The monoisotopic (exact) mass is 395 g/mol. The Hall–Kier alpha value is -0.370. The van der Waals surface area contributed by atoms with Crippen LogP contribution in [0.2, 0.25) is 0 Å². The van der Waals surface area contributed by atoms with Gasteiger partial charge in [-0.2, -0.15) is 0 Å². The van der Waals surface area contributed by atoms with Gasteiger partial charge in [-0.05, 0) is 46.5 Å². The van der Waals surface area contributed by atoms with Crippen molar-refractivity contribution in [1.82, 2.24) is 4.98 Å². The van der Waals surface area contributed by atoms with E-state index in [1.165, 1.54) is 108 Å². The maximum Gasteiger partial charge on any atom is 0.106 e. The van der Waals surface area contributed by atoms with Crippen LogP contribution in [0.25, 0.3) is 0 Å². The summed E-state index contributed by atoms with van der Waals surface area (Å²) in [6.07, 6.45) is 24.5. The molecule has 1 nitrogen and oxygen atoms in total. The van der Waals surface area contributed by atoms with E-state index in [2.05, 4.69) is 40.0 Å². The molecule has 0 saturated carbocycles. The first kappa shape index (κ1) is 21.7. The van der Waals surface area contributed by atoms with Crippen LogP contribution in [0.5, 0.6) is 0 Å². The topological polar surface area (TPSA) is 12.9 Å². The lowest BCUT2D eigenvalue weighted by Crippen LogP contribution is -1.88. The van der Waals surface area contributed by atoms with E-state index in [0.29, 0.717) is 0 Å². The maximum absolute atomic E-state index is 4.18. The predicted octanol–water partition coefficient (Wildman–Crippen LogP) is 8.26. The van der Waals surface area contributed by atoms with Crippen LogP contribution < -0.4 is 0 Å². The normalized spacial score (nSPS) is 11.1. The van der Waals surface area contributed by atoms with E-state index in [1.807, 2.05) is 6.20 Å². The third-order valence-electron chi connectivity index (χ3n) is 4.86. The summed E-state index contributed by atoms with van der Waals surface area (Å²) >= 11 is 3.44. The Bertz CT molecular complexity index is 391. The van der Waals surface area contributed by atoms with Crippen molar-refractivity contribution >= 4 is 15.9 Å². The molecule has 0 unspecified atom stereocenters.